The number of hydrogen-bond donors (Lipinski definition) is 0. The first-order valence-electron chi connectivity index (χ1n) is 21.4. The molecule has 18 heteroatoms. The van der Waals surface area contributed by atoms with Crippen molar-refractivity contribution in [1.29, 1.82) is 0 Å². The van der Waals surface area contributed by atoms with Crippen LogP contribution in [0.1, 0.15) is 71.3 Å². The zero-order valence-corrected chi connectivity index (χ0v) is 36.7. The highest BCUT2D eigenvalue weighted by Gasteiger charge is 2.45. The van der Waals surface area contributed by atoms with E-state index in [1.54, 1.807) is 36.4 Å². The number of hydrogen-bond acceptors (Lipinski definition) is 10. The summed E-state index contributed by atoms with van der Waals surface area (Å²) in [4.78, 5) is 87.7. The van der Waals surface area contributed by atoms with Crippen molar-refractivity contribution in [3.8, 4) is 11.3 Å². The number of alkyl halides is 1. The van der Waals surface area contributed by atoms with E-state index in [4.69, 9.17) is 19.2 Å². The van der Waals surface area contributed by atoms with Crippen LogP contribution in [0.5, 0.6) is 0 Å². The highest BCUT2D eigenvalue weighted by Crippen LogP contribution is 2.39. The number of ether oxygens (including phenoxy) is 3. The molecule has 0 saturated carbocycles. The van der Waals surface area contributed by atoms with Gasteiger partial charge in [0.15, 0.2) is 6.10 Å². The first-order valence-corrected chi connectivity index (χ1v) is 21.4. The van der Waals surface area contributed by atoms with E-state index >= 15 is 8.78 Å². The number of imide groups is 1. The minimum Gasteiger partial charge on any atom is -0.453 e. The number of aromatic nitrogens is 2. The van der Waals surface area contributed by atoms with E-state index in [1.807, 2.05) is 30.3 Å². The minimum atomic E-state index is -1.58. The molecule has 344 valence electrons. The Morgan fingerprint density at radius 1 is 0.938 bits per heavy atom. The number of imidazole rings is 1. The van der Waals surface area contributed by atoms with Crippen LogP contribution in [-0.4, -0.2) is 135 Å². The fourth-order valence-corrected chi connectivity index (χ4v) is 8.30. The number of halogens is 3. The average Bonchev–Trinajstić information content (AvgIpc) is 3.93. The summed E-state index contributed by atoms with van der Waals surface area (Å²) in [5.41, 5.74) is -0.0672. The van der Waals surface area contributed by atoms with Crippen molar-refractivity contribution in [2.24, 2.45) is 11.8 Å². The van der Waals surface area contributed by atoms with Crippen LogP contribution in [0.2, 0.25) is 0 Å². The van der Waals surface area contributed by atoms with Gasteiger partial charge in [-0.05, 0) is 70.2 Å². The molecule has 2 fully saturated rings. The largest absolute Gasteiger partial charge is 0.453 e. The maximum absolute atomic E-state index is 16.2. The second-order valence-corrected chi connectivity index (χ2v) is 17.3. The summed E-state index contributed by atoms with van der Waals surface area (Å²) < 4.78 is 64.6. The van der Waals surface area contributed by atoms with Gasteiger partial charge in [-0.3, -0.25) is 28.9 Å². The lowest BCUT2D eigenvalue weighted by atomic mass is 9.86. The first kappa shape index (κ1) is 47.4. The van der Waals surface area contributed by atoms with E-state index < -0.39 is 77.2 Å². The van der Waals surface area contributed by atoms with Crippen LogP contribution in [0.4, 0.5) is 18.0 Å². The van der Waals surface area contributed by atoms with E-state index in [0.717, 1.165) is 35.6 Å². The molecular weight excluding hydrogens is 838 g/mol. The number of rotatable bonds is 16. The molecule has 2 saturated heterocycles. The summed E-state index contributed by atoms with van der Waals surface area (Å²) in [5, 5.41) is 0. The lowest BCUT2D eigenvalue weighted by Gasteiger charge is -2.42. The SMILES string of the molecule is CC(=O)OC(C)C(=O)N(CC1CN(C(=O)OC(C)(C)C)CC1F)C(c1nc(-c2cc(F)ccc2F)cn1Cc1ccccc1)C1CCN(C(=O)CCOCCN2C(=O)C=CC2=O)CC1. The topological polar surface area (TPSA) is 161 Å². The molecule has 64 heavy (non-hydrogen) atoms. The van der Waals surface area contributed by atoms with Gasteiger partial charge >= 0.3 is 12.1 Å². The monoisotopic (exact) mass is 892 g/mol. The highest BCUT2D eigenvalue weighted by atomic mass is 19.1. The van der Waals surface area contributed by atoms with Crippen LogP contribution in [0.3, 0.4) is 0 Å². The number of carbonyl (C=O) groups excluding carboxylic acids is 6. The third-order valence-electron chi connectivity index (χ3n) is 11.4. The maximum Gasteiger partial charge on any atom is 0.410 e. The average molecular weight is 893 g/mol. The van der Waals surface area contributed by atoms with Gasteiger partial charge < -0.3 is 33.5 Å². The van der Waals surface area contributed by atoms with Crippen molar-refractivity contribution in [1.82, 2.24) is 29.2 Å². The Morgan fingerprint density at radius 2 is 1.62 bits per heavy atom. The summed E-state index contributed by atoms with van der Waals surface area (Å²) in [6.07, 6.45) is 0.989. The molecule has 0 aliphatic carbocycles. The second-order valence-electron chi connectivity index (χ2n) is 17.3. The van der Waals surface area contributed by atoms with Crippen molar-refractivity contribution in [3.63, 3.8) is 0 Å². The zero-order chi connectivity index (χ0) is 46.3. The van der Waals surface area contributed by atoms with E-state index in [0.29, 0.717) is 12.8 Å². The van der Waals surface area contributed by atoms with Crippen molar-refractivity contribution in [3.05, 3.63) is 89.9 Å². The molecule has 3 aliphatic rings. The van der Waals surface area contributed by atoms with Crippen molar-refractivity contribution >= 4 is 35.7 Å². The molecule has 3 aliphatic heterocycles. The predicted octanol–water partition coefficient (Wildman–Crippen LogP) is 5.47. The van der Waals surface area contributed by atoms with Crippen LogP contribution < -0.4 is 0 Å². The molecule has 3 aromatic rings. The van der Waals surface area contributed by atoms with Gasteiger partial charge in [0.2, 0.25) is 5.91 Å². The summed E-state index contributed by atoms with van der Waals surface area (Å²) >= 11 is 0. The Bertz CT molecular complexity index is 2200. The van der Waals surface area contributed by atoms with E-state index in [1.165, 1.54) is 28.9 Å². The van der Waals surface area contributed by atoms with Crippen molar-refractivity contribution in [2.75, 3.05) is 52.5 Å². The van der Waals surface area contributed by atoms with Crippen LogP contribution in [-0.2, 0) is 44.7 Å². The number of piperidine rings is 1. The Morgan fingerprint density at radius 3 is 2.28 bits per heavy atom. The third kappa shape index (κ3) is 11.9. The number of benzene rings is 2. The Hall–Kier alpha value is -6.04. The highest BCUT2D eigenvalue weighted by molar-refractivity contribution is 6.12. The molecule has 4 atom stereocenters. The first-order chi connectivity index (χ1) is 30.4. The molecule has 0 bridgehead atoms. The standard InChI is InChI=1S/C46H55F3N6O9/c1-29(63-30(2)56)44(60)55(26-33-25-53(27-37(33)49)45(61)64-46(3,4)5)42(32-15-18-51(19-16-32)39(57)17-21-62-22-20-54-40(58)13-14-41(54)59)43-50-38(35-23-34(47)11-12-36(35)48)28-52(43)24-31-9-7-6-8-10-31/h6-14,23,28-29,32-33,37,42H,15-22,24-27H2,1-5H3. The molecule has 15 nitrogen and oxygen atoms in total. The Kier molecular flexibility index (Phi) is 15.3. The summed E-state index contributed by atoms with van der Waals surface area (Å²) in [6.45, 7) is 7.87. The van der Waals surface area contributed by atoms with Crippen LogP contribution in [0.25, 0.3) is 11.3 Å². The van der Waals surface area contributed by atoms with Gasteiger partial charge in [-0.25, -0.2) is 22.9 Å². The Labute approximate surface area is 370 Å². The summed E-state index contributed by atoms with van der Waals surface area (Å²) in [6, 6.07) is 11.3. The normalized spacial score (nSPS) is 19.0. The van der Waals surface area contributed by atoms with Gasteiger partial charge in [-0.2, -0.15) is 0 Å². The molecule has 2 aromatic carbocycles. The fourth-order valence-electron chi connectivity index (χ4n) is 8.30. The molecule has 0 radical (unpaired) electrons. The molecule has 0 spiro atoms. The zero-order valence-electron chi connectivity index (χ0n) is 36.7. The van der Waals surface area contributed by atoms with E-state index in [9.17, 15) is 33.2 Å². The van der Waals surface area contributed by atoms with Gasteiger partial charge in [0.05, 0.1) is 44.5 Å². The van der Waals surface area contributed by atoms with Crippen LogP contribution in [0, 0.1) is 23.5 Å². The van der Waals surface area contributed by atoms with Gasteiger partial charge in [0.25, 0.3) is 17.7 Å². The molecule has 4 unspecified atom stereocenters. The van der Waals surface area contributed by atoms with Gasteiger partial charge in [-0.1, -0.05) is 30.3 Å². The predicted molar refractivity (Wildman–Crippen MR) is 226 cm³/mol. The smallest absolute Gasteiger partial charge is 0.410 e. The second kappa shape index (κ2) is 20.6. The maximum atomic E-state index is 16.2. The molecule has 1 aromatic heterocycles. The molecule has 0 N–H and O–H groups in total. The van der Waals surface area contributed by atoms with Gasteiger partial charge in [0.1, 0.15) is 29.2 Å². The third-order valence-corrected chi connectivity index (χ3v) is 11.4. The molecule has 6 rings (SSSR count). The number of amides is 5. The lowest BCUT2D eigenvalue weighted by Crippen LogP contribution is -2.50. The molecular formula is C46H55F3N6O9. The summed E-state index contributed by atoms with van der Waals surface area (Å²) in [5.74, 6) is -4.98. The number of esters is 1. The van der Waals surface area contributed by atoms with Crippen LogP contribution in [0.15, 0.2) is 66.9 Å². The van der Waals surface area contributed by atoms with E-state index in [2.05, 4.69) is 0 Å². The molecule has 5 amide bonds. The van der Waals surface area contributed by atoms with Crippen molar-refractivity contribution < 1.29 is 56.1 Å². The van der Waals surface area contributed by atoms with E-state index in [-0.39, 0.29) is 88.4 Å². The minimum absolute atomic E-state index is 0.0243. The quantitative estimate of drug-likeness (QED) is 0.103. The lowest BCUT2D eigenvalue weighted by molar-refractivity contribution is -0.160. The number of nitrogens with zero attached hydrogens (tertiary/aromatic N) is 6. The Balaban J connectivity index is 1.33. The van der Waals surface area contributed by atoms with Gasteiger partial charge in [-0.15, -0.1) is 0 Å². The molecule has 4 heterocycles. The van der Waals surface area contributed by atoms with Gasteiger partial charge in [0, 0.05) is 69.5 Å². The summed E-state index contributed by atoms with van der Waals surface area (Å²) in [7, 11) is 0. The number of likely N-dealkylation sites (tertiary alicyclic amines) is 2. The van der Waals surface area contributed by atoms with Crippen molar-refractivity contribution in [2.45, 2.75) is 84.3 Å². The van der Waals surface area contributed by atoms with Crippen LogP contribution >= 0.6 is 0 Å². The fraction of sp³-hybridized carbons (Fsp3) is 0.500. The number of carbonyl (C=O) groups is 6.